The number of nitrogens with one attached hydrogen (secondary N) is 1. The van der Waals surface area contributed by atoms with Gasteiger partial charge in [0.1, 0.15) is 0 Å². The van der Waals surface area contributed by atoms with E-state index in [0.717, 1.165) is 45.2 Å². The van der Waals surface area contributed by atoms with Crippen molar-refractivity contribution in [1.82, 2.24) is 9.88 Å². The maximum absolute atomic E-state index is 12.6. The number of aromatic amines is 1. The van der Waals surface area contributed by atoms with Crippen LogP contribution in [0.25, 0.3) is 10.9 Å². The lowest BCUT2D eigenvalue weighted by Gasteiger charge is -2.34. The van der Waals surface area contributed by atoms with Crippen molar-refractivity contribution in [2.75, 3.05) is 13.1 Å². The van der Waals surface area contributed by atoms with Crippen LogP contribution in [0.15, 0.2) is 42.5 Å². The molecule has 1 N–H and O–H groups in total. The molecule has 23 heavy (non-hydrogen) atoms. The Balaban J connectivity index is 1.40. The van der Waals surface area contributed by atoms with Crippen LogP contribution in [0.1, 0.15) is 43.7 Å². The summed E-state index contributed by atoms with van der Waals surface area (Å²) < 4.78 is 0. The van der Waals surface area contributed by atoms with Crippen LogP contribution in [0.4, 0.5) is 0 Å². The van der Waals surface area contributed by atoms with Gasteiger partial charge >= 0.3 is 0 Å². The number of piperidine rings is 1. The highest BCUT2D eigenvalue weighted by Gasteiger charge is 2.29. The summed E-state index contributed by atoms with van der Waals surface area (Å²) in [5.74, 6) is 1.16. The number of amides is 1. The van der Waals surface area contributed by atoms with Crippen LogP contribution in [0, 0.1) is 5.92 Å². The summed E-state index contributed by atoms with van der Waals surface area (Å²) >= 11 is 0. The lowest BCUT2D eigenvalue weighted by atomic mass is 9.90. The molecule has 1 aromatic carbocycles. The second kappa shape index (κ2) is 6.23. The van der Waals surface area contributed by atoms with E-state index in [0.29, 0.717) is 11.8 Å². The molecule has 1 aliphatic heterocycles. The normalized spacial score (nSPS) is 22.6. The van der Waals surface area contributed by atoms with E-state index in [1.165, 1.54) is 16.6 Å². The van der Waals surface area contributed by atoms with Crippen LogP contribution < -0.4 is 0 Å². The molecule has 0 unspecified atom stereocenters. The van der Waals surface area contributed by atoms with E-state index in [2.05, 4.69) is 52.4 Å². The monoisotopic (exact) mass is 308 g/mol. The third-order valence-electron chi connectivity index (χ3n) is 5.42. The number of hydrogen-bond acceptors (Lipinski definition) is 1. The van der Waals surface area contributed by atoms with Gasteiger partial charge < -0.3 is 9.88 Å². The van der Waals surface area contributed by atoms with Crippen LogP contribution in [0.2, 0.25) is 0 Å². The van der Waals surface area contributed by atoms with E-state index >= 15 is 0 Å². The summed E-state index contributed by atoms with van der Waals surface area (Å²) in [6, 6.07) is 10.7. The van der Waals surface area contributed by atoms with Gasteiger partial charge in [-0.25, -0.2) is 0 Å². The second-order valence-corrected chi connectivity index (χ2v) is 6.89. The third-order valence-corrected chi connectivity index (χ3v) is 5.42. The van der Waals surface area contributed by atoms with E-state index in [4.69, 9.17) is 0 Å². The molecule has 0 bridgehead atoms. The van der Waals surface area contributed by atoms with E-state index in [1.807, 2.05) is 0 Å². The van der Waals surface area contributed by atoms with Crippen molar-refractivity contribution < 1.29 is 4.79 Å². The molecule has 120 valence electrons. The Morgan fingerprint density at radius 3 is 2.65 bits per heavy atom. The Morgan fingerprint density at radius 2 is 1.91 bits per heavy atom. The van der Waals surface area contributed by atoms with Gasteiger partial charge in [0.2, 0.25) is 5.91 Å². The molecule has 1 aliphatic carbocycles. The molecule has 1 saturated heterocycles. The molecule has 0 spiro atoms. The summed E-state index contributed by atoms with van der Waals surface area (Å²) in [6.07, 6.45) is 9.53. The number of benzene rings is 1. The number of H-pyrrole nitrogens is 1. The van der Waals surface area contributed by atoms with Crippen molar-refractivity contribution in [3.05, 3.63) is 48.2 Å². The lowest BCUT2D eigenvalue weighted by Crippen LogP contribution is -2.41. The quantitative estimate of drug-likeness (QED) is 0.828. The Kier molecular flexibility index (Phi) is 3.94. The molecule has 2 aliphatic rings. The Bertz CT molecular complexity index is 689. The SMILES string of the molecule is O=C([C@@H]1CC=CCC1)N1CCC(c2cc3ccccc3[nH]2)CC1. The summed E-state index contributed by atoms with van der Waals surface area (Å²) in [6.45, 7) is 1.80. The van der Waals surface area contributed by atoms with Gasteiger partial charge in [-0.2, -0.15) is 0 Å². The zero-order valence-corrected chi connectivity index (χ0v) is 13.5. The number of rotatable bonds is 2. The van der Waals surface area contributed by atoms with Crippen molar-refractivity contribution in [2.24, 2.45) is 5.92 Å². The Morgan fingerprint density at radius 1 is 1.09 bits per heavy atom. The number of carbonyl (C=O) groups is 1. The van der Waals surface area contributed by atoms with Gasteiger partial charge in [0.05, 0.1) is 0 Å². The fourth-order valence-electron chi connectivity index (χ4n) is 4.00. The van der Waals surface area contributed by atoms with Gasteiger partial charge in [-0.15, -0.1) is 0 Å². The average molecular weight is 308 g/mol. The van der Waals surface area contributed by atoms with Crippen LogP contribution >= 0.6 is 0 Å². The first-order chi connectivity index (χ1) is 11.3. The topological polar surface area (TPSA) is 36.1 Å². The van der Waals surface area contributed by atoms with Crippen molar-refractivity contribution in [3.8, 4) is 0 Å². The molecule has 4 rings (SSSR count). The summed E-state index contributed by atoms with van der Waals surface area (Å²) in [7, 11) is 0. The van der Waals surface area contributed by atoms with Gasteiger partial charge in [0, 0.05) is 36.1 Å². The van der Waals surface area contributed by atoms with Crippen LogP contribution in [-0.2, 0) is 4.79 Å². The van der Waals surface area contributed by atoms with Crippen LogP contribution in [-0.4, -0.2) is 28.9 Å². The smallest absolute Gasteiger partial charge is 0.226 e. The highest BCUT2D eigenvalue weighted by Crippen LogP contribution is 2.31. The number of likely N-dealkylation sites (tertiary alicyclic amines) is 1. The second-order valence-electron chi connectivity index (χ2n) is 6.89. The minimum Gasteiger partial charge on any atom is -0.358 e. The molecular weight excluding hydrogens is 284 g/mol. The first kappa shape index (κ1) is 14.6. The maximum Gasteiger partial charge on any atom is 0.226 e. The molecule has 2 aromatic rings. The van der Waals surface area contributed by atoms with Crippen molar-refractivity contribution in [2.45, 2.75) is 38.0 Å². The minimum absolute atomic E-state index is 0.227. The minimum atomic E-state index is 0.227. The highest BCUT2D eigenvalue weighted by atomic mass is 16.2. The largest absolute Gasteiger partial charge is 0.358 e. The third kappa shape index (κ3) is 2.92. The summed E-state index contributed by atoms with van der Waals surface area (Å²) in [4.78, 5) is 18.3. The number of aromatic nitrogens is 1. The van der Waals surface area contributed by atoms with Gasteiger partial charge in [-0.05, 0) is 49.6 Å². The standard InChI is InChI=1S/C20H24N2O/c23-20(16-6-2-1-3-7-16)22-12-10-15(11-13-22)19-14-17-8-4-5-9-18(17)21-19/h1-2,4-5,8-9,14-16,21H,3,6-7,10-13H2/t16-/m1/s1. The average Bonchev–Trinajstić information content (AvgIpc) is 3.06. The van der Waals surface area contributed by atoms with Gasteiger partial charge in [0.25, 0.3) is 0 Å². The Hall–Kier alpha value is -2.03. The van der Waals surface area contributed by atoms with E-state index in [-0.39, 0.29) is 5.92 Å². The molecule has 0 saturated carbocycles. The molecule has 0 radical (unpaired) electrons. The first-order valence-corrected chi connectivity index (χ1v) is 8.83. The molecule has 1 fully saturated rings. The molecule has 2 heterocycles. The molecule has 1 aromatic heterocycles. The summed E-state index contributed by atoms with van der Waals surface area (Å²) in [5, 5.41) is 1.29. The van der Waals surface area contributed by atoms with Crippen molar-refractivity contribution in [1.29, 1.82) is 0 Å². The number of nitrogens with zero attached hydrogens (tertiary/aromatic N) is 1. The molecule has 1 atom stereocenters. The molecule has 3 nitrogen and oxygen atoms in total. The number of allylic oxidation sites excluding steroid dienone is 2. The van der Waals surface area contributed by atoms with Crippen molar-refractivity contribution in [3.63, 3.8) is 0 Å². The van der Waals surface area contributed by atoms with Crippen LogP contribution in [0.3, 0.4) is 0 Å². The first-order valence-electron chi connectivity index (χ1n) is 8.83. The maximum atomic E-state index is 12.6. The van der Waals surface area contributed by atoms with E-state index < -0.39 is 0 Å². The number of fused-ring (bicyclic) bond motifs is 1. The fraction of sp³-hybridized carbons (Fsp3) is 0.450. The number of carbonyl (C=O) groups excluding carboxylic acids is 1. The van der Waals surface area contributed by atoms with E-state index in [9.17, 15) is 4.79 Å². The van der Waals surface area contributed by atoms with Gasteiger partial charge in [-0.1, -0.05) is 30.4 Å². The van der Waals surface area contributed by atoms with Crippen LogP contribution in [0.5, 0.6) is 0 Å². The number of para-hydroxylation sites is 1. The molecule has 1 amide bonds. The lowest BCUT2D eigenvalue weighted by molar-refractivity contribution is -0.136. The molecule has 3 heteroatoms. The zero-order valence-electron chi connectivity index (χ0n) is 13.5. The molecular formula is C20H24N2O. The number of hydrogen-bond donors (Lipinski definition) is 1. The highest BCUT2D eigenvalue weighted by molar-refractivity contribution is 5.81. The predicted octanol–water partition coefficient (Wildman–Crippen LogP) is 4.23. The van der Waals surface area contributed by atoms with Gasteiger partial charge in [-0.3, -0.25) is 4.79 Å². The fourth-order valence-corrected chi connectivity index (χ4v) is 4.00. The van der Waals surface area contributed by atoms with Crippen molar-refractivity contribution >= 4 is 16.8 Å². The van der Waals surface area contributed by atoms with E-state index in [1.54, 1.807) is 0 Å². The van der Waals surface area contributed by atoms with Gasteiger partial charge in [0.15, 0.2) is 0 Å². The predicted molar refractivity (Wildman–Crippen MR) is 93.3 cm³/mol. The summed E-state index contributed by atoms with van der Waals surface area (Å²) in [5.41, 5.74) is 2.55. The zero-order chi connectivity index (χ0) is 15.6. The Labute approximate surface area is 137 Å².